The highest BCUT2D eigenvalue weighted by Crippen LogP contribution is 2.12. The lowest BCUT2D eigenvalue weighted by atomic mass is 10.1. The third kappa shape index (κ3) is 4.19. The van der Waals surface area contributed by atoms with Crippen LogP contribution < -0.4 is 5.73 Å². The van der Waals surface area contributed by atoms with Crippen LogP contribution in [0.2, 0.25) is 0 Å². The molecule has 0 saturated heterocycles. The minimum atomic E-state index is -0.339. The van der Waals surface area contributed by atoms with Crippen LogP contribution in [0.4, 0.5) is 0 Å². The summed E-state index contributed by atoms with van der Waals surface area (Å²) >= 11 is 0. The van der Waals surface area contributed by atoms with Crippen LogP contribution in [0.5, 0.6) is 0 Å². The van der Waals surface area contributed by atoms with Crippen molar-refractivity contribution < 1.29 is 4.79 Å². The van der Waals surface area contributed by atoms with Gasteiger partial charge in [0.05, 0.1) is 0 Å². The highest BCUT2D eigenvalue weighted by molar-refractivity contribution is 5.94. The lowest BCUT2D eigenvalue weighted by Gasteiger charge is -2.21. The first-order valence-electron chi connectivity index (χ1n) is 6.29. The van der Waals surface area contributed by atoms with E-state index in [1.807, 2.05) is 18.2 Å². The second-order valence-electron chi connectivity index (χ2n) is 4.30. The number of primary amides is 1. The van der Waals surface area contributed by atoms with Gasteiger partial charge in [0, 0.05) is 12.1 Å². The van der Waals surface area contributed by atoms with Gasteiger partial charge >= 0.3 is 0 Å². The SMILES string of the molecule is CCCN(CCC)Cc1ccccc1C(N)=O. The van der Waals surface area contributed by atoms with E-state index >= 15 is 0 Å². The summed E-state index contributed by atoms with van der Waals surface area (Å²) in [5.41, 5.74) is 7.05. The molecule has 3 nitrogen and oxygen atoms in total. The molecule has 0 unspecified atom stereocenters. The smallest absolute Gasteiger partial charge is 0.249 e. The first kappa shape index (κ1) is 13.7. The topological polar surface area (TPSA) is 46.3 Å². The molecule has 0 atom stereocenters. The first-order valence-corrected chi connectivity index (χ1v) is 6.29. The number of carbonyl (C=O) groups excluding carboxylic acids is 1. The molecule has 2 N–H and O–H groups in total. The summed E-state index contributed by atoms with van der Waals surface area (Å²) in [5.74, 6) is -0.339. The molecule has 0 heterocycles. The Labute approximate surface area is 104 Å². The Morgan fingerprint density at radius 2 is 1.76 bits per heavy atom. The van der Waals surface area contributed by atoms with Gasteiger partial charge < -0.3 is 5.73 Å². The lowest BCUT2D eigenvalue weighted by molar-refractivity contribution is 0.0998. The molecule has 0 fully saturated rings. The molecule has 1 amide bonds. The maximum Gasteiger partial charge on any atom is 0.249 e. The highest BCUT2D eigenvalue weighted by Gasteiger charge is 2.10. The summed E-state index contributed by atoms with van der Waals surface area (Å²) in [6, 6.07) is 7.59. The summed E-state index contributed by atoms with van der Waals surface area (Å²) in [6.45, 7) is 7.26. The lowest BCUT2D eigenvalue weighted by Crippen LogP contribution is -2.26. The number of hydrogen-bond acceptors (Lipinski definition) is 2. The minimum absolute atomic E-state index is 0.339. The maximum absolute atomic E-state index is 11.3. The molecule has 0 aromatic heterocycles. The van der Waals surface area contributed by atoms with Crippen molar-refractivity contribution >= 4 is 5.91 Å². The average Bonchev–Trinajstić information content (AvgIpc) is 2.30. The molecule has 0 radical (unpaired) electrons. The van der Waals surface area contributed by atoms with Crippen molar-refractivity contribution in [3.05, 3.63) is 35.4 Å². The van der Waals surface area contributed by atoms with E-state index in [0.717, 1.165) is 38.0 Å². The summed E-state index contributed by atoms with van der Waals surface area (Å²) in [5, 5.41) is 0. The summed E-state index contributed by atoms with van der Waals surface area (Å²) in [7, 11) is 0. The zero-order chi connectivity index (χ0) is 12.7. The standard InChI is InChI=1S/C14H22N2O/c1-3-9-16(10-4-2)11-12-7-5-6-8-13(12)14(15)17/h5-8H,3-4,9-11H2,1-2H3,(H2,15,17). The Kier molecular flexibility index (Phi) is 5.70. The van der Waals surface area contributed by atoms with E-state index in [0.29, 0.717) is 5.56 Å². The fourth-order valence-corrected chi connectivity index (χ4v) is 2.04. The molecule has 0 aliphatic heterocycles. The van der Waals surface area contributed by atoms with Crippen molar-refractivity contribution in [2.45, 2.75) is 33.2 Å². The Morgan fingerprint density at radius 1 is 1.18 bits per heavy atom. The number of hydrogen-bond donors (Lipinski definition) is 1. The van der Waals surface area contributed by atoms with Crippen molar-refractivity contribution in [3.63, 3.8) is 0 Å². The van der Waals surface area contributed by atoms with Gasteiger partial charge in [-0.2, -0.15) is 0 Å². The van der Waals surface area contributed by atoms with E-state index in [1.165, 1.54) is 0 Å². The van der Waals surface area contributed by atoms with Gasteiger partial charge in [0.15, 0.2) is 0 Å². The summed E-state index contributed by atoms with van der Waals surface area (Å²) < 4.78 is 0. The average molecular weight is 234 g/mol. The van der Waals surface area contributed by atoms with Crippen molar-refractivity contribution in [3.8, 4) is 0 Å². The quantitative estimate of drug-likeness (QED) is 0.787. The van der Waals surface area contributed by atoms with Crippen LogP contribution in [0.3, 0.4) is 0 Å². The first-order chi connectivity index (χ1) is 8.19. The van der Waals surface area contributed by atoms with Crippen molar-refractivity contribution in [2.75, 3.05) is 13.1 Å². The molecular weight excluding hydrogens is 212 g/mol. The predicted molar refractivity (Wildman–Crippen MR) is 70.8 cm³/mol. The fourth-order valence-electron chi connectivity index (χ4n) is 2.04. The zero-order valence-electron chi connectivity index (χ0n) is 10.8. The third-order valence-corrected chi connectivity index (χ3v) is 2.76. The number of nitrogens with zero attached hydrogens (tertiary/aromatic N) is 1. The van der Waals surface area contributed by atoms with Gasteiger partial charge in [-0.15, -0.1) is 0 Å². The van der Waals surface area contributed by atoms with Crippen molar-refractivity contribution in [1.29, 1.82) is 0 Å². The Balaban J connectivity index is 2.80. The van der Waals surface area contributed by atoms with E-state index in [1.54, 1.807) is 6.07 Å². The second-order valence-corrected chi connectivity index (χ2v) is 4.30. The molecule has 0 spiro atoms. The van der Waals surface area contributed by atoms with E-state index < -0.39 is 0 Å². The van der Waals surface area contributed by atoms with E-state index in [4.69, 9.17) is 5.73 Å². The normalized spacial score (nSPS) is 10.8. The second kappa shape index (κ2) is 7.07. The van der Waals surface area contributed by atoms with Crippen LogP contribution in [-0.4, -0.2) is 23.9 Å². The van der Waals surface area contributed by atoms with Crippen LogP contribution >= 0.6 is 0 Å². The molecule has 0 bridgehead atoms. The fraction of sp³-hybridized carbons (Fsp3) is 0.500. The zero-order valence-corrected chi connectivity index (χ0v) is 10.8. The third-order valence-electron chi connectivity index (χ3n) is 2.76. The molecule has 0 saturated carbocycles. The molecule has 1 aromatic carbocycles. The molecule has 0 aliphatic rings. The van der Waals surface area contributed by atoms with E-state index in [2.05, 4.69) is 18.7 Å². The van der Waals surface area contributed by atoms with Gasteiger partial charge in [-0.3, -0.25) is 9.69 Å². The van der Waals surface area contributed by atoms with Gasteiger partial charge in [0.2, 0.25) is 5.91 Å². The predicted octanol–water partition coefficient (Wildman–Crippen LogP) is 2.41. The van der Waals surface area contributed by atoms with Gasteiger partial charge in [-0.05, 0) is 37.6 Å². The molecule has 3 heteroatoms. The van der Waals surface area contributed by atoms with Crippen LogP contribution in [0.25, 0.3) is 0 Å². The van der Waals surface area contributed by atoms with Crippen molar-refractivity contribution in [1.82, 2.24) is 4.90 Å². The number of carbonyl (C=O) groups is 1. The van der Waals surface area contributed by atoms with Crippen LogP contribution in [0.15, 0.2) is 24.3 Å². The molecule has 17 heavy (non-hydrogen) atoms. The molecule has 94 valence electrons. The van der Waals surface area contributed by atoms with Crippen LogP contribution in [0.1, 0.15) is 42.6 Å². The largest absolute Gasteiger partial charge is 0.366 e. The van der Waals surface area contributed by atoms with Crippen LogP contribution in [-0.2, 0) is 6.54 Å². The van der Waals surface area contributed by atoms with E-state index in [-0.39, 0.29) is 5.91 Å². The van der Waals surface area contributed by atoms with Gasteiger partial charge in [0.25, 0.3) is 0 Å². The van der Waals surface area contributed by atoms with Gasteiger partial charge in [0.1, 0.15) is 0 Å². The minimum Gasteiger partial charge on any atom is -0.366 e. The molecule has 1 aromatic rings. The van der Waals surface area contributed by atoms with E-state index in [9.17, 15) is 4.79 Å². The Morgan fingerprint density at radius 3 is 2.29 bits per heavy atom. The van der Waals surface area contributed by atoms with Crippen molar-refractivity contribution in [2.24, 2.45) is 5.73 Å². The Hall–Kier alpha value is -1.35. The van der Waals surface area contributed by atoms with Gasteiger partial charge in [-0.1, -0.05) is 32.0 Å². The van der Waals surface area contributed by atoms with Gasteiger partial charge in [-0.25, -0.2) is 0 Å². The molecule has 0 aliphatic carbocycles. The number of rotatable bonds is 7. The monoisotopic (exact) mass is 234 g/mol. The molecule has 1 rings (SSSR count). The summed E-state index contributed by atoms with van der Waals surface area (Å²) in [4.78, 5) is 13.7. The van der Waals surface area contributed by atoms with Crippen LogP contribution in [0, 0.1) is 0 Å². The maximum atomic E-state index is 11.3. The summed E-state index contributed by atoms with van der Waals surface area (Å²) in [6.07, 6.45) is 2.25. The number of amides is 1. The number of nitrogens with two attached hydrogens (primary N) is 1. The highest BCUT2D eigenvalue weighted by atomic mass is 16.1. The Bertz CT molecular complexity index is 357. The molecular formula is C14H22N2O. The number of benzene rings is 1.